The zero-order valence-corrected chi connectivity index (χ0v) is 17.6. The first-order chi connectivity index (χ1) is 14.4. The Labute approximate surface area is 176 Å². The topological polar surface area (TPSA) is 113 Å². The van der Waals surface area contributed by atoms with Crippen molar-refractivity contribution in [1.29, 1.82) is 0 Å². The van der Waals surface area contributed by atoms with Gasteiger partial charge in [0, 0.05) is 24.1 Å². The molecule has 0 spiro atoms. The summed E-state index contributed by atoms with van der Waals surface area (Å²) >= 11 is 0. The second kappa shape index (κ2) is 8.53. The van der Waals surface area contributed by atoms with Crippen LogP contribution in [0.4, 0.5) is 0 Å². The normalized spacial score (nSPS) is 19.5. The molecule has 1 aliphatic rings. The van der Waals surface area contributed by atoms with Gasteiger partial charge in [0.25, 0.3) is 0 Å². The highest BCUT2D eigenvalue weighted by molar-refractivity contribution is 7.90. The lowest BCUT2D eigenvalue weighted by Crippen LogP contribution is -2.28. The van der Waals surface area contributed by atoms with Gasteiger partial charge >= 0.3 is 0 Å². The molecular formula is C21H25N5O3S. The van der Waals surface area contributed by atoms with Gasteiger partial charge in [0.15, 0.2) is 15.6 Å². The van der Waals surface area contributed by atoms with Crippen LogP contribution in [-0.4, -0.2) is 47.1 Å². The summed E-state index contributed by atoms with van der Waals surface area (Å²) < 4.78 is 31.0. The Kier molecular flexibility index (Phi) is 5.83. The zero-order valence-electron chi connectivity index (χ0n) is 16.8. The van der Waals surface area contributed by atoms with Crippen molar-refractivity contribution in [3.63, 3.8) is 0 Å². The maximum Gasteiger partial charge on any atom is 0.175 e. The number of nitrogens with zero attached hydrogens (tertiary/aromatic N) is 4. The van der Waals surface area contributed by atoms with Crippen LogP contribution in [0, 0.1) is 5.92 Å². The number of hydrogen-bond acceptors (Lipinski definition) is 7. The van der Waals surface area contributed by atoms with Gasteiger partial charge < -0.3 is 10.5 Å². The van der Waals surface area contributed by atoms with Crippen molar-refractivity contribution in [1.82, 2.24) is 19.7 Å². The molecule has 0 amide bonds. The number of ether oxygens (including phenoxy) is 1. The minimum atomic E-state index is -3.23. The molecule has 3 aromatic rings. The summed E-state index contributed by atoms with van der Waals surface area (Å²) in [5.41, 5.74) is 8.21. The Morgan fingerprint density at radius 2 is 1.87 bits per heavy atom. The van der Waals surface area contributed by atoms with Crippen LogP contribution in [0.3, 0.4) is 0 Å². The molecule has 1 aliphatic carbocycles. The number of hydrogen-bond donors (Lipinski definition) is 1. The van der Waals surface area contributed by atoms with Gasteiger partial charge in [-0.15, -0.1) is 0 Å². The van der Waals surface area contributed by atoms with E-state index >= 15 is 0 Å². The molecule has 0 atom stereocenters. The van der Waals surface area contributed by atoms with E-state index in [-0.39, 0.29) is 4.90 Å². The minimum absolute atomic E-state index is 0.272. The molecule has 158 valence electrons. The molecule has 1 aromatic carbocycles. The third-order valence-electron chi connectivity index (χ3n) is 5.43. The van der Waals surface area contributed by atoms with Gasteiger partial charge in [-0.25, -0.2) is 23.1 Å². The molecule has 9 heteroatoms. The Morgan fingerprint density at radius 3 is 2.57 bits per heavy atom. The van der Waals surface area contributed by atoms with Crippen LogP contribution in [0.1, 0.15) is 25.7 Å². The standard InChI is InChI=1S/C21H25N5O3S/c1-30(27,28)19-8-6-18(7-9-19)26-12-16(10-25-26)21-20(11-23-14-24-21)29-13-15-2-4-17(22)5-3-15/h6-12,14-15,17H,2-5,13,22H2,1H3. The van der Waals surface area contributed by atoms with Gasteiger partial charge in [0.1, 0.15) is 12.0 Å². The maximum atomic E-state index is 11.6. The number of sulfone groups is 1. The lowest BCUT2D eigenvalue weighted by molar-refractivity contribution is 0.200. The molecular weight excluding hydrogens is 402 g/mol. The third-order valence-corrected chi connectivity index (χ3v) is 6.56. The van der Waals surface area contributed by atoms with E-state index in [1.807, 2.05) is 6.20 Å². The first-order valence-corrected chi connectivity index (χ1v) is 11.8. The Hall–Kier alpha value is -2.78. The van der Waals surface area contributed by atoms with Crippen LogP contribution in [0.2, 0.25) is 0 Å². The first-order valence-electron chi connectivity index (χ1n) is 9.94. The minimum Gasteiger partial charge on any atom is -0.489 e. The predicted molar refractivity (Wildman–Crippen MR) is 113 cm³/mol. The van der Waals surface area contributed by atoms with Gasteiger partial charge in [0.2, 0.25) is 0 Å². The Bertz CT molecular complexity index is 1100. The second-order valence-electron chi connectivity index (χ2n) is 7.77. The lowest BCUT2D eigenvalue weighted by atomic mass is 9.87. The second-order valence-corrected chi connectivity index (χ2v) is 9.78. The van der Waals surface area contributed by atoms with Crippen LogP contribution in [0.25, 0.3) is 16.9 Å². The molecule has 0 saturated heterocycles. The van der Waals surface area contributed by atoms with Crippen molar-refractivity contribution < 1.29 is 13.2 Å². The van der Waals surface area contributed by atoms with Crippen LogP contribution >= 0.6 is 0 Å². The Balaban J connectivity index is 1.51. The van der Waals surface area contributed by atoms with Crippen molar-refractivity contribution in [3.05, 3.63) is 49.2 Å². The van der Waals surface area contributed by atoms with Crippen molar-refractivity contribution >= 4 is 9.84 Å². The van der Waals surface area contributed by atoms with Crippen LogP contribution in [0.5, 0.6) is 5.75 Å². The molecule has 1 fully saturated rings. The van der Waals surface area contributed by atoms with Crippen LogP contribution in [0.15, 0.2) is 54.1 Å². The summed E-state index contributed by atoms with van der Waals surface area (Å²) in [6.07, 6.45) is 12.1. The fourth-order valence-electron chi connectivity index (χ4n) is 3.63. The van der Waals surface area contributed by atoms with Crippen molar-refractivity contribution in [3.8, 4) is 22.7 Å². The maximum absolute atomic E-state index is 11.6. The predicted octanol–water partition coefficient (Wildman–Crippen LogP) is 2.63. The molecule has 1 saturated carbocycles. The van der Waals surface area contributed by atoms with E-state index in [9.17, 15) is 8.42 Å². The molecule has 0 unspecified atom stereocenters. The zero-order chi connectivity index (χ0) is 21.1. The number of benzene rings is 1. The summed E-state index contributed by atoms with van der Waals surface area (Å²) in [6.45, 7) is 0.619. The highest BCUT2D eigenvalue weighted by Gasteiger charge is 2.20. The van der Waals surface area contributed by atoms with Crippen molar-refractivity contribution in [2.75, 3.05) is 12.9 Å². The van der Waals surface area contributed by atoms with E-state index < -0.39 is 9.84 Å². The molecule has 4 rings (SSSR count). The first kappa shape index (κ1) is 20.5. The van der Waals surface area contributed by atoms with Gasteiger partial charge in [-0.1, -0.05) is 0 Å². The monoisotopic (exact) mass is 427 g/mol. The van der Waals surface area contributed by atoms with Gasteiger partial charge in [-0.05, 0) is 55.9 Å². The van der Waals surface area contributed by atoms with Crippen LogP contribution < -0.4 is 10.5 Å². The highest BCUT2D eigenvalue weighted by Crippen LogP contribution is 2.29. The molecule has 30 heavy (non-hydrogen) atoms. The van der Waals surface area contributed by atoms with Crippen molar-refractivity contribution in [2.45, 2.75) is 36.6 Å². The van der Waals surface area contributed by atoms with E-state index in [0.717, 1.165) is 36.9 Å². The summed E-state index contributed by atoms with van der Waals surface area (Å²) in [5.74, 6) is 1.12. The summed E-state index contributed by atoms with van der Waals surface area (Å²) in [5, 5.41) is 4.39. The summed E-state index contributed by atoms with van der Waals surface area (Å²) in [6, 6.07) is 6.90. The van der Waals surface area contributed by atoms with E-state index in [1.165, 1.54) is 12.6 Å². The number of aromatic nitrogens is 4. The smallest absolute Gasteiger partial charge is 0.175 e. The number of rotatable bonds is 6. The summed E-state index contributed by atoms with van der Waals surface area (Å²) in [7, 11) is -3.23. The molecule has 0 aliphatic heterocycles. The van der Waals surface area contributed by atoms with E-state index in [0.29, 0.717) is 30.0 Å². The molecule has 2 N–H and O–H groups in total. The van der Waals surface area contributed by atoms with Crippen LogP contribution in [-0.2, 0) is 9.84 Å². The quantitative estimate of drug-likeness (QED) is 0.643. The van der Waals surface area contributed by atoms with Gasteiger partial charge in [-0.3, -0.25) is 0 Å². The average molecular weight is 428 g/mol. The molecule has 8 nitrogen and oxygen atoms in total. The van der Waals surface area contributed by atoms with E-state index in [2.05, 4.69) is 15.1 Å². The lowest BCUT2D eigenvalue weighted by Gasteiger charge is -2.26. The molecule has 0 radical (unpaired) electrons. The van der Waals surface area contributed by atoms with Gasteiger partial charge in [-0.2, -0.15) is 5.10 Å². The fraction of sp³-hybridized carbons (Fsp3) is 0.381. The van der Waals surface area contributed by atoms with Gasteiger partial charge in [0.05, 0.1) is 29.6 Å². The largest absolute Gasteiger partial charge is 0.489 e. The van der Waals surface area contributed by atoms with Crippen molar-refractivity contribution in [2.24, 2.45) is 11.7 Å². The Morgan fingerprint density at radius 1 is 1.13 bits per heavy atom. The highest BCUT2D eigenvalue weighted by atomic mass is 32.2. The van der Waals surface area contributed by atoms with E-state index in [1.54, 1.807) is 41.3 Å². The fourth-order valence-corrected chi connectivity index (χ4v) is 4.26. The number of nitrogens with two attached hydrogens (primary N) is 1. The third kappa shape index (κ3) is 4.68. The average Bonchev–Trinajstić information content (AvgIpc) is 3.23. The van der Waals surface area contributed by atoms with E-state index in [4.69, 9.17) is 10.5 Å². The molecule has 0 bridgehead atoms. The molecule has 2 aromatic heterocycles. The SMILES string of the molecule is CS(=O)(=O)c1ccc(-n2cc(-c3ncncc3OCC3CCC(N)CC3)cn2)cc1. The summed E-state index contributed by atoms with van der Waals surface area (Å²) in [4.78, 5) is 8.77. The molecule has 2 heterocycles.